The van der Waals surface area contributed by atoms with Gasteiger partial charge in [-0.1, -0.05) is 41.4 Å². The van der Waals surface area contributed by atoms with E-state index in [9.17, 15) is 0 Å². The van der Waals surface area contributed by atoms with Gasteiger partial charge in [-0.05, 0) is 42.8 Å². The summed E-state index contributed by atoms with van der Waals surface area (Å²) in [7, 11) is 1.72. The Kier molecular flexibility index (Phi) is 7.69. The molecular weight excluding hydrogens is 333 g/mol. The molecule has 0 saturated heterocycles. The summed E-state index contributed by atoms with van der Waals surface area (Å²) < 4.78 is 10.8. The van der Waals surface area contributed by atoms with Gasteiger partial charge in [-0.15, -0.1) is 0 Å². The summed E-state index contributed by atoms with van der Waals surface area (Å²) >= 11 is 12.0. The lowest BCUT2D eigenvalue weighted by Crippen LogP contribution is -2.15. The van der Waals surface area contributed by atoms with E-state index in [2.05, 4.69) is 17.4 Å². The van der Waals surface area contributed by atoms with Crippen molar-refractivity contribution in [1.29, 1.82) is 0 Å². The van der Waals surface area contributed by atoms with E-state index in [1.54, 1.807) is 13.2 Å². The normalized spacial score (nSPS) is 10.7. The number of benzene rings is 2. The molecule has 0 aliphatic heterocycles. The predicted octanol–water partition coefficient (Wildman–Crippen LogP) is 4.70. The van der Waals surface area contributed by atoms with Crippen molar-refractivity contribution in [2.45, 2.75) is 19.6 Å². The van der Waals surface area contributed by atoms with Crippen molar-refractivity contribution in [1.82, 2.24) is 5.32 Å². The molecule has 0 aliphatic carbocycles. The molecule has 0 amide bonds. The Morgan fingerprint density at radius 3 is 2.52 bits per heavy atom. The van der Waals surface area contributed by atoms with Crippen molar-refractivity contribution in [3.8, 4) is 5.75 Å². The lowest BCUT2D eigenvalue weighted by atomic mass is 10.2. The molecule has 0 radical (unpaired) electrons. The molecule has 1 N–H and O–H groups in total. The Bertz CT molecular complexity index is 602. The minimum atomic E-state index is 0.421. The molecule has 5 heteroatoms. The molecular formula is C18H21Cl2NO2. The summed E-state index contributed by atoms with van der Waals surface area (Å²) in [6, 6.07) is 13.5. The number of methoxy groups -OCH3 is 1. The minimum Gasteiger partial charge on any atom is -0.489 e. The van der Waals surface area contributed by atoms with E-state index < -0.39 is 0 Å². The maximum absolute atomic E-state index is 6.13. The van der Waals surface area contributed by atoms with Gasteiger partial charge < -0.3 is 14.8 Å². The number of nitrogens with one attached hydrogen (secondary N) is 1. The van der Waals surface area contributed by atoms with Crippen molar-refractivity contribution in [3.63, 3.8) is 0 Å². The van der Waals surface area contributed by atoms with Gasteiger partial charge in [0.1, 0.15) is 12.4 Å². The van der Waals surface area contributed by atoms with Crippen LogP contribution < -0.4 is 10.1 Å². The molecule has 0 bridgehead atoms. The first-order chi connectivity index (χ1) is 11.2. The van der Waals surface area contributed by atoms with E-state index in [1.807, 2.05) is 24.3 Å². The molecule has 0 saturated carbocycles. The molecule has 0 fully saturated rings. The molecule has 0 aliphatic rings. The second-order valence-corrected chi connectivity index (χ2v) is 6.04. The van der Waals surface area contributed by atoms with Gasteiger partial charge in [0.25, 0.3) is 0 Å². The molecule has 0 spiro atoms. The number of rotatable bonds is 9. The highest BCUT2D eigenvalue weighted by atomic mass is 35.5. The highest BCUT2D eigenvalue weighted by Gasteiger charge is 2.03. The number of halogens is 2. The zero-order valence-corrected chi connectivity index (χ0v) is 14.7. The van der Waals surface area contributed by atoms with Crippen LogP contribution in [-0.4, -0.2) is 20.3 Å². The summed E-state index contributed by atoms with van der Waals surface area (Å²) in [6.45, 7) is 2.99. The van der Waals surface area contributed by atoms with Gasteiger partial charge in [0.05, 0.1) is 0 Å². The first-order valence-electron chi connectivity index (χ1n) is 7.54. The van der Waals surface area contributed by atoms with E-state index in [-0.39, 0.29) is 0 Å². The van der Waals surface area contributed by atoms with Crippen LogP contribution in [0.15, 0.2) is 42.5 Å². The molecule has 0 aromatic heterocycles. The quantitative estimate of drug-likeness (QED) is 0.662. The Morgan fingerprint density at radius 2 is 1.83 bits per heavy atom. The molecule has 124 valence electrons. The first kappa shape index (κ1) is 18.1. The molecule has 23 heavy (non-hydrogen) atoms. The molecule has 2 rings (SSSR count). The predicted molar refractivity (Wildman–Crippen MR) is 95.4 cm³/mol. The number of ether oxygens (including phenoxy) is 2. The van der Waals surface area contributed by atoms with Crippen LogP contribution in [0.1, 0.15) is 17.5 Å². The standard InChI is InChI=1S/C18H21Cl2NO2/c1-22-10-2-9-21-12-14-3-7-17(8-4-14)23-13-15-5-6-16(19)11-18(15)20/h3-8,11,21H,2,9-10,12-13H2,1H3. The smallest absolute Gasteiger partial charge is 0.119 e. The van der Waals surface area contributed by atoms with Gasteiger partial charge in [-0.25, -0.2) is 0 Å². The summed E-state index contributed by atoms with van der Waals surface area (Å²) in [5.74, 6) is 0.819. The maximum Gasteiger partial charge on any atom is 0.119 e. The summed E-state index contributed by atoms with van der Waals surface area (Å²) in [5.41, 5.74) is 2.14. The molecule has 0 atom stereocenters. The third kappa shape index (κ3) is 6.40. The average Bonchev–Trinajstić information content (AvgIpc) is 2.55. The van der Waals surface area contributed by atoms with Crippen LogP contribution in [0.25, 0.3) is 0 Å². The van der Waals surface area contributed by atoms with Crippen LogP contribution >= 0.6 is 23.2 Å². The van der Waals surface area contributed by atoms with Crippen LogP contribution in [0.3, 0.4) is 0 Å². The summed E-state index contributed by atoms with van der Waals surface area (Å²) in [6.07, 6.45) is 1.01. The number of hydrogen-bond donors (Lipinski definition) is 1. The Hall–Kier alpha value is -1.26. The zero-order chi connectivity index (χ0) is 16.5. The Balaban J connectivity index is 1.78. The molecule has 3 nitrogen and oxygen atoms in total. The van der Waals surface area contributed by atoms with Crippen molar-refractivity contribution in [2.75, 3.05) is 20.3 Å². The van der Waals surface area contributed by atoms with E-state index in [4.69, 9.17) is 32.7 Å². The van der Waals surface area contributed by atoms with Gasteiger partial charge in [-0.3, -0.25) is 0 Å². The highest BCUT2D eigenvalue weighted by Crippen LogP contribution is 2.22. The fourth-order valence-electron chi connectivity index (χ4n) is 2.08. The zero-order valence-electron chi connectivity index (χ0n) is 13.1. The average molecular weight is 354 g/mol. The van der Waals surface area contributed by atoms with Crippen LogP contribution in [0, 0.1) is 0 Å². The monoisotopic (exact) mass is 353 g/mol. The van der Waals surface area contributed by atoms with E-state index in [0.717, 1.165) is 37.4 Å². The molecule has 0 heterocycles. The SMILES string of the molecule is COCCCNCc1ccc(OCc2ccc(Cl)cc2Cl)cc1. The largest absolute Gasteiger partial charge is 0.489 e. The lowest BCUT2D eigenvalue weighted by Gasteiger charge is -2.09. The van der Waals surface area contributed by atoms with Crippen LogP contribution in [0.4, 0.5) is 0 Å². The van der Waals surface area contributed by atoms with Gasteiger partial charge in [0, 0.05) is 35.9 Å². The third-order valence-electron chi connectivity index (χ3n) is 3.36. The third-order valence-corrected chi connectivity index (χ3v) is 3.95. The van der Waals surface area contributed by atoms with Crippen molar-refractivity contribution < 1.29 is 9.47 Å². The maximum atomic E-state index is 6.13. The number of hydrogen-bond acceptors (Lipinski definition) is 3. The molecule has 2 aromatic rings. The summed E-state index contributed by atoms with van der Waals surface area (Å²) in [5, 5.41) is 4.62. The topological polar surface area (TPSA) is 30.5 Å². The highest BCUT2D eigenvalue weighted by molar-refractivity contribution is 6.35. The Labute approximate surface area is 147 Å². The van der Waals surface area contributed by atoms with Gasteiger partial charge >= 0.3 is 0 Å². The van der Waals surface area contributed by atoms with Crippen LogP contribution in [0.5, 0.6) is 5.75 Å². The van der Waals surface area contributed by atoms with Gasteiger partial charge in [0.15, 0.2) is 0 Å². The van der Waals surface area contributed by atoms with E-state index >= 15 is 0 Å². The fraction of sp³-hybridized carbons (Fsp3) is 0.333. The molecule has 0 unspecified atom stereocenters. The first-order valence-corrected chi connectivity index (χ1v) is 8.30. The van der Waals surface area contributed by atoms with Crippen LogP contribution in [-0.2, 0) is 17.9 Å². The fourth-order valence-corrected chi connectivity index (χ4v) is 2.54. The van der Waals surface area contributed by atoms with E-state index in [0.29, 0.717) is 16.7 Å². The molecule has 2 aromatic carbocycles. The second kappa shape index (κ2) is 9.78. The van der Waals surface area contributed by atoms with Gasteiger partial charge in [0.2, 0.25) is 0 Å². The van der Waals surface area contributed by atoms with Crippen molar-refractivity contribution in [2.24, 2.45) is 0 Å². The van der Waals surface area contributed by atoms with Crippen LogP contribution in [0.2, 0.25) is 10.0 Å². The second-order valence-electron chi connectivity index (χ2n) is 5.19. The van der Waals surface area contributed by atoms with E-state index in [1.165, 1.54) is 5.56 Å². The van der Waals surface area contributed by atoms with Crippen molar-refractivity contribution >= 4 is 23.2 Å². The van der Waals surface area contributed by atoms with Crippen molar-refractivity contribution in [3.05, 3.63) is 63.6 Å². The lowest BCUT2D eigenvalue weighted by molar-refractivity contribution is 0.194. The minimum absolute atomic E-state index is 0.421. The van der Waals surface area contributed by atoms with Gasteiger partial charge in [-0.2, -0.15) is 0 Å². The Morgan fingerprint density at radius 1 is 1.04 bits per heavy atom. The summed E-state index contributed by atoms with van der Waals surface area (Å²) in [4.78, 5) is 0.